The smallest absolute Gasteiger partial charge is 0.0473 e. The van der Waals surface area contributed by atoms with Gasteiger partial charge in [0.05, 0.1) is 0 Å². The SMILES string of the molecule is Ic1c[nH]c(C2CCCN2)c1. The molecule has 1 aliphatic rings. The Hall–Kier alpha value is -0.0300. The van der Waals surface area contributed by atoms with Crippen LogP contribution in [0.1, 0.15) is 24.6 Å². The number of aromatic nitrogens is 1. The lowest BCUT2D eigenvalue weighted by molar-refractivity contribution is 0.632. The Morgan fingerprint density at radius 2 is 2.45 bits per heavy atom. The molecule has 60 valence electrons. The molecule has 1 aromatic heterocycles. The van der Waals surface area contributed by atoms with Crippen LogP contribution in [0.15, 0.2) is 12.3 Å². The summed E-state index contributed by atoms with van der Waals surface area (Å²) in [6, 6.07) is 2.79. The molecule has 1 atom stereocenters. The van der Waals surface area contributed by atoms with Crippen LogP contribution in [0.25, 0.3) is 0 Å². The van der Waals surface area contributed by atoms with Crippen LogP contribution in [-0.2, 0) is 0 Å². The normalized spacial score (nSPS) is 24.3. The van der Waals surface area contributed by atoms with Gasteiger partial charge in [0.15, 0.2) is 0 Å². The zero-order chi connectivity index (χ0) is 7.68. The first kappa shape index (κ1) is 7.61. The van der Waals surface area contributed by atoms with Gasteiger partial charge in [-0.15, -0.1) is 0 Å². The van der Waals surface area contributed by atoms with Crippen LogP contribution in [0.3, 0.4) is 0 Å². The van der Waals surface area contributed by atoms with Gasteiger partial charge in [-0.3, -0.25) is 0 Å². The van der Waals surface area contributed by atoms with E-state index in [1.807, 2.05) is 0 Å². The van der Waals surface area contributed by atoms with E-state index in [-0.39, 0.29) is 0 Å². The van der Waals surface area contributed by atoms with Crippen molar-refractivity contribution in [3.05, 3.63) is 21.5 Å². The second-order valence-electron chi connectivity index (χ2n) is 2.92. The van der Waals surface area contributed by atoms with E-state index < -0.39 is 0 Å². The van der Waals surface area contributed by atoms with Crippen LogP contribution >= 0.6 is 22.6 Å². The van der Waals surface area contributed by atoms with E-state index in [9.17, 15) is 0 Å². The van der Waals surface area contributed by atoms with E-state index in [0.29, 0.717) is 6.04 Å². The number of rotatable bonds is 1. The number of hydrogen-bond donors (Lipinski definition) is 2. The molecule has 1 aliphatic heterocycles. The quantitative estimate of drug-likeness (QED) is 0.745. The van der Waals surface area contributed by atoms with Crippen molar-refractivity contribution in [1.82, 2.24) is 10.3 Å². The molecule has 1 fully saturated rings. The molecule has 0 aliphatic carbocycles. The fraction of sp³-hybridized carbons (Fsp3) is 0.500. The second kappa shape index (κ2) is 3.15. The van der Waals surface area contributed by atoms with Crippen molar-refractivity contribution < 1.29 is 0 Å². The highest BCUT2D eigenvalue weighted by molar-refractivity contribution is 14.1. The first-order chi connectivity index (χ1) is 5.36. The Morgan fingerprint density at radius 1 is 1.55 bits per heavy atom. The highest BCUT2D eigenvalue weighted by Gasteiger charge is 2.16. The summed E-state index contributed by atoms with van der Waals surface area (Å²) >= 11 is 2.33. The minimum atomic E-state index is 0.582. The van der Waals surface area contributed by atoms with Gasteiger partial charge in [-0.2, -0.15) is 0 Å². The lowest BCUT2D eigenvalue weighted by Crippen LogP contribution is -2.12. The van der Waals surface area contributed by atoms with Crippen LogP contribution in [0.2, 0.25) is 0 Å². The predicted octanol–water partition coefficient (Wildman–Crippen LogP) is 2.04. The average molecular weight is 262 g/mol. The maximum atomic E-state index is 3.45. The van der Waals surface area contributed by atoms with E-state index >= 15 is 0 Å². The fourth-order valence-electron chi connectivity index (χ4n) is 1.54. The highest BCUT2D eigenvalue weighted by atomic mass is 127. The first-order valence-corrected chi connectivity index (χ1v) is 5.01. The van der Waals surface area contributed by atoms with Crippen LogP contribution in [0.5, 0.6) is 0 Å². The molecule has 0 radical (unpaired) electrons. The van der Waals surface area contributed by atoms with Crippen LogP contribution in [0, 0.1) is 3.57 Å². The molecule has 2 nitrogen and oxygen atoms in total. The topological polar surface area (TPSA) is 27.8 Å². The molecule has 1 aromatic rings. The van der Waals surface area contributed by atoms with Crippen LogP contribution in [0.4, 0.5) is 0 Å². The van der Waals surface area contributed by atoms with Gasteiger partial charge in [-0.1, -0.05) is 0 Å². The number of H-pyrrole nitrogens is 1. The minimum absolute atomic E-state index is 0.582. The van der Waals surface area contributed by atoms with Crippen molar-refractivity contribution >= 4 is 22.6 Å². The Bertz CT molecular complexity index is 238. The molecule has 3 heteroatoms. The third-order valence-corrected chi connectivity index (χ3v) is 2.73. The molecule has 2 heterocycles. The maximum absolute atomic E-state index is 3.45. The molecule has 1 saturated heterocycles. The molecule has 0 bridgehead atoms. The van der Waals surface area contributed by atoms with Gasteiger partial charge in [-0.05, 0) is 48.0 Å². The molecule has 11 heavy (non-hydrogen) atoms. The molecule has 0 spiro atoms. The highest BCUT2D eigenvalue weighted by Crippen LogP contribution is 2.22. The van der Waals surface area contributed by atoms with Crippen molar-refractivity contribution in [3.8, 4) is 0 Å². The molecular weight excluding hydrogens is 251 g/mol. The zero-order valence-electron chi connectivity index (χ0n) is 6.23. The monoisotopic (exact) mass is 262 g/mol. The van der Waals surface area contributed by atoms with E-state index in [0.717, 1.165) is 0 Å². The summed E-state index contributed by atoms with van der Waals surface area (Å²) in [5.41, 5.74) is 1.34. The zero-order valence-corrected chi connectivity index (χ0v) is 8.39. The summed E-state index contributed by atoms with van der Waals surface area (Å²) in [6.07, 6.45) is 4.63. The summed E-state index contributed by atoms with van der Waals surface area (Å²) < 4.78 is 1.30. The fourth-order valence-corrected chi connectivity index (χ4v) is 2.03. The van der Waals surface area contributed by atoms with Gasteiger partial charge in [0.1, 0.15) is 0 Å². The minimum Gasteiger partial charge on any atom is -0.363 e. The molecule has 2 N–H and O–H groups in total. The summed E-state index contributed by atoms with van der Waals surface area (Å²) in [7, 11) is 0. The number of nitrogens with one attached hydrogen (secondary N) is 2. The van der Waals surface area contributed by atoms with E-state index in [1.165, 1.54) is 28.7 Å². The molecule has 0 aromatic carbocycles. The second-order valence-corrected chi connectivity index (χ2v) is 4.17. The van der Waals surface area contributed by atoms with Crippen LogP contribution in [-0.4, -0.2) is 11.5 Å². The van der Waals surface area contributed by atoms with E-state index in [2.05, 4.69) is 45.2 Å². The number of hydrogen-bond acceptors (Lipinski definition) is 1. The molecular formula is C8H11IN2. The summed E-state index contributed by atoms with van der Waals surface area (Å²) in [5.74, 6) is 0. The van der Waals surface area contributed by atoms with Gasteiger partial charge < -0.3 is 10.3 Å². The first-order valence-electron chi connectivity index (χ1n) is 3.93. The average Bonchev–Trinajstić information content (AvgIpc) is 2.55. The van der Waals surface area contributed by atoms with Crippen molar-refractivity contribution in [3.63, 3.8) is 0 Å². The van der Waals surface area contributed by atoms with Crippen molar-refractivity contribution in [1.29, 1.82) is 0 Å². The standard InChI is InChI=1S/C8H11IN2/c9-6-4-8(11-5-6)7-2-1-3-10-7/h4-5,7,10-11H,1-3H2. The molecule has 2 rings (SSSR count). The van der Waals surface area contributed by atoms with E-state index in [4.69, 9.17) is 0 Å². The predicted molar refractivity (Wildman–Crippen MR) is 53.5 cm³/mol. The van der Waals surface area contributed by atoms with Gasteiger partial charge in [-0.25, -0.2) is 0 Å². The molecule has 0 amide bonds. The Morgan fingerprint density at radius 3 is 3.00 bits per heavy atom. The molecule has 0 saturated carbocycles. The largest absolute Gasteiger partial charge is 0.363 e. The van der Waals surface area contributed by atoms with Crippen molar-refractivity contribution in [2.24, 2.45) is 0 Å². The third-order valence-electron chi connectivity index (χ3n) is 2.11. The lowest BCUT2D eigenvalue weighted by Gasteiger charge is -2.05. The molecule has 1 unspecified atom stereocenters. The van der Waals surface area contributed by atoms with Crippen molar-refractivity contribution in [2.75, 3.05) is 6.54 Å². The number of halogens is 1. The van der Waals surface area contributed by atoms with Gasteiger partial charge in [0.25, 0.3) is 0 Å². The summed E-state index contributed by atoms with van der Waals surface area (Å²) in [6.45, 7) is 1.17. The van der Waals surface area contributed by atoms with E-state index in [1.54, 1.807) is 0 Å². The lowest BCUT2D eigenvalue weighted by atomic mass is 10.2. The summed E-state index contributed by atoms with van der Waals surface area (Å²) in [5, 5.41) is 3.45. The van der Waals surface area contributed by atoms with Gasteiger partial charge >= 0.3 is 0 Å². The number of aromatic amines is 1. The van der Waals surface area contributed by atoms with Gasteiger partial charge in [0.2, 0.25) is 0 Å². The summed E-state index contributed by atoms with van der Waals surface area (Å²) in [4.78, 5) is 3.28. The maximum Gasteiger partial charge on any atom is 0.0473 e. The third kappa shape index (κ3) is 1.59. The Kier molecular flexibility index (Phi) is 2.18. The van der Waals surface area contributed by atoms with Gasteiger partial charge in [0, 0.05) is 21.5 Å². The van der Waals surface area contributed by atoms with Crippen molar-refractivity contribution in [2.45, 2.75) is 18.9 Å². The Balaban J connectivity index is 2.15. The van der Waals surface area contributed by atoms with Crippen LogP contribution < -0.4 is 5.32 Å². The Labute approximate surface area is 79.9 Å².